The summed E-state index contributed by atoms with van der Waals surface area (Å²) in [5.41, 5.74) is -0.835. The van der Waals surface area contributed by atoms with Gasteiger partial charge in [0.2, 0.25) is 11.8 Å². The molecule has 1 atom stereocenters. The van der Waals surface area contributed by atoms with Gasteiger partial charge in [0.25, 0.3) is 0 Å². The van der Waals surface area contributed by atoms with Gasteiger partial charge in [-0.25, -0.2) is 9.59 Å². The Bertz CT molecular complexity index is 266. The van der Waals surface area contributed by atoms with Crippen LogP contribution in [0.1, 0.15) is 27.2 Å². The highest BCUT2D eigenvalue weighted by Gasteiger charge is 2.25. The lowest BCUT2D eigenvalue weighted by Gasteiger charge is -2.21. The summed E-state index contributed by atoms with van der Waals surface area (Å²) in [5, 5.41) is 0. The van der Waals surface area contributed by atoms with E-state index in [2.05, 4.69) is 11.6 Å². The highest BCUT2D eigenvalue weighted by Crippen LogP contribution is 2.17. The van der Waals surface area contributed by atoms with E-state index >= 15 is 0 Å². The van der Waals surface area contributed by atoms with Gasteiger partial charge in [0.1, 0.15) is 0 Å². The normalized spacial score (nSPS) is 13.8. The number of carbonyl (C=O) groups is 1. The number of hydrogen-bond acceptors (Lipinski definition) is 4. The molecule has 0 spiro atoms. The third-order valence-corrected chi connectivity index (χ3v) is 1.60. The van der Waals surface area contributed by atoms with E-state index in [4.69, 9.17) is 4.74 Å². The molecule has 0 aliphatic heterocycles. The highest BCUT2D eigenvalue weighted by molar-refractivity contribution is 5.87. The summed E-state index contributed by atoms with van der Waals surface area (Å²) in [4.78, 5) is 24.5. The van der Waals surface area contributed by atoms with Gasteiger partial charge in [-0.2, -0.15) is 4.99 Å². The minimum absolute atomic E-state index is 0.278. The molecule has 13 heavy (non-hydrogen) atoms. The van der Waals surface area contributed by atoms with Gasteiger partial charge in [-0.05, 0) is 13.8 Å². The third-order valence-electron chi connectivity index (χ3n) is 1.60. The van der Waals surface area contributed by atoms with E-state index < -0.39 is 11.7 Å². The molecule has 0 aliphatic carbocycles. The van der Waals surface area contributed by atoms with Crippen LogP contribution in [0, 0.1) is 0 Å². The predicted octanol–water partition coefficient (Wildman–Crippen LogP) is 1.57. The molecule has 4 heteroatoms. The topological polar surface area (TPSA) is 55.7 Å². The van der Waals surface area contributed by atoms with Gasteiger partial charge < -0.3 is 4.74 Å². The van der Waals surface area contributed by atoms with Gasteiger partial charge in [-0.15, -0.1) is 0 Å². The van der Waals surface area contributed by atoms with Crippen molar-refractivity contribution in [1.29, 1.82) is 0 Å². The quantitative estimate of drug-likeness (QED) is 0.287. The Labute approximate surface area is 77.3 Å². The fraction of sp³-hybridized carbons (Fsp3) is 0.556. The molecule has 0 saturated carbocycles. The molecule has 0 fully saturated rings. The lowest BCUT2D eigenvalue weighted by Crippen LogP contribution is -2.28. The summed E-state index contributed by atoms with van der Waals surface area (Å²) in [5.74, 6) is -0.552. The second-order valence-electron chi connectivity index (χ2n) is 2.90. The van der Waals surface area contributed by atoms with E-state index in [0.29, 0.717) is 6.42 Å². The molecule has 0 rings (SSSR count). The van der Waals surface area contributed by atoms with E-state index in [9.17, 15) is 9.59 Å². The van der Waals surface area contributed by atoms with Crippen LogP contribution in [0.15, 0.2) is 17.1 Å². The Balaban J connectivity index is 4.53. The Morgan fingerprint density at radius 3 is 2.54 bits per heavy atom. The maximum atomic E-state index is 11.1. The number of ether oxygens (including phenoxy) is 1. The van der Waals surface area contributed by atoms with Crippen molar-refractivity contribution in [3.8, 4) is 0 Å². The van der Waals surface area contributed by atoms with Crippen molar-refractivity contribution in [2.75, 3.05) is 0 Å². The molecule has 0 N–H and O–H groups in total. The monoisotopic (exact) mass is 183 g/mol. The molecule has 72 valence electrons. The number of rotatable bonds is 4. The summed E-state index contributed by atoms with van der Waals surface area (Å²) in [6, 6.07) is 0. The van der Waals surface area contributed by atoms with Crippen molar-refractivity contribution in [2.45, 2.75) is 32.9 Å². The number of hydrogen-bond donors (Lipinski definition) is 0. The molecular formula is C9H13NO3. The average molecular weight is 183 g/mol. The summed E-state index contributed by atoms with van der Waals surface area (Å²) in [6.45, 7) is 8.25. The summed E-state index contributed by atoms with van der Waals surface area (Å²) in [7, 11) is 0. The molecule has 1 unspecified atom stereocenters. The highest BCUT2D eigenvalue weighted by atomic mass is 16.6. The van der Waals surface area contributed by atoms with Gasteiger partial charge in [0.05, 0.1) is 0 Å². The van der Waals surface area contributed by atoms with E-state index in [0.717, 1.165) is 0 Å². The summed E-state index contributed by atoms with van der Waals surface area (Å²) in [6.07, 6.45) is 1.79. The Morgan fingerprint density at radius 2 is 2.23 bits per heavy atom. The molecule has 0 heterocycles. The van der Waals surface area contributed by atoms with E-state index in [1.807, 2.05) is 0 Å². The van der Waals surface area contributed by atoms with Crippen molar-refractivity contribution >= 4 is 12.0 Å². The summed E-state index contributed by atoms with van der Waals surface area (Å²) < 4.78 is 4.92. The Hall–Kier alpha value is -1.41. The molecule has 0 bridgehead atoms. The van der Waals surface area contributed by atoms with Crippen LogP contribution < -0.4 is 0 Å². The largest absolute Gasteiger partial charge is 0.433 e. The molecular weight excluding hydrogens is 170 g/mol. The van der Waals surface area contributed by atoms with Gasteiger partial charge in [0, 0.05) is 12.0 Å². The van der Waals surface area contributed by atoms with Crippen LogP contribution >= 0.6 is 0 Å². The van der Waals surface area contributed by atoms with Crippen LogP contribution in [0.4, 0.5) is 0 Å². The zero-order chi connectivity index (χ0) is 10.5. The van der Waals surface area contributed by atoms with Gasteiger partial charge >= 0.3 is 5.97 Å². The fourth-order valence-corrected chi connectivity index (χ4v) is 0.557. The first kappa shape index (κ1) is 11.6. The molecule has 0 aromatic carbocycles. The number of nitrogens with zero attached hydrogens (tertiary/aromatic N) is 1. The van der Waals surface area contributed by atoms with Crippen LogP contribution in [-0.4, -0.2) is 17.8 Å². The second-order valence-corrected chi connectivity index (χ2v) is 2.90. The van der Waals surface area contributed by atoms with Gasteiger partial charge in [-0.1, -0.05) is 13.5 Å². The Kier molecular flexibility index (Phi) is 4.08. The molecule has 0 radical (unpaired) electrons. The van der Waals surface area contributed by atoms with E-state index in [1.54, 1.807) is 13.8 Å². The number of isocyanates is 1. The first-order valence-electron chi connectivity index (χ1n) is 3.93. The first-order valence-corrected chi connectivity index (χ1v) is 3.93. The van der Waals surface area contributed by atoms with E-state index in [-0.39, 0.29) is 5.57 Å². The maximum absolute atomic E-state index is 11.1. The zero-order valence-corrected chi connectivity index (χ0v) is 8.09. The number of aliphatic imine (C=N–C) groups is 1. The maximum Gasteiger partial charge on any atom is 0.335 e. The molecule has 0 aromatic heterocycles. The van der Waals surface area contributed by atoms with Crippen LogP contribution in [-0.2, 0) is 14.3 Å². The predicted molar refractivity (Wildman–Crippen MR) is 47.7 cm³/mol. The third kappa shape index (κ3) is 3.67. The van der Waals surface area contributed by atoms with Gasteiger partial charge in [-0.3, -0.25) is 0 Å². The van der Waals surface area contributed by atoms with Crippen molar-refractivity contribution < 1.29 is 14.3 Å². The minimum Gasteiger partial charge on any atom is -0.433 e. The molecule has 0 amide bonds. The average Bonchev–Trinajstić information content (AvgIpc) is 2.04. The van der Waals surface area contributed by atoms with Crippen LogP contribution in [0.25, 0.3) is 0 Å². The fourth-order valence-electron chi connectivity index (χ4n) is 0.557. The van der Waals surface area contributed by atoms with Gasteiger partial charge in [0.15, 0.2) is 0 Å². The lowest BCUT2D eigenvalue weighted by molar-refractivity contribution is -0.152. The van der Waals surface area contributed by atoms with Crippen molar-refractivity contribution in [2.24, 2.45) is 4.99 Å². The number of carbonyl (C=O) groups excluding carboxylic acids is 2. The van der Waals surface area contributed by atoms with Crippen molar-refractivity contribution in [3.05, 3.63) is 12.2 Å². The molecule has 0 saturated heterocycles. The number of esters is 1. The zero-order valence-electron chi connectivity index (χ0n) is 8.09. The van der Waals surface area contributed by atoms with Crippen LogP contribution in [0.3, 0.4) is 0 Å². The van der Waals surface area contributed by atoms with Crippen LogP contribution in [0.2, 0.25) is 0 Å². The van der Waals surface area contributed by atoms with Crippen molar-refractivity contribution in [1.82, 2.24) is 0 Å². The smallest absolute Gasteiger partial charge is 0.335 e. The summed E-state index contributed by atoms with van der Waals surface area (Å²) >= 11 is 0. The first-order chi connectivity index (χ1) is 5.95. The van der Waals surface area contributed by atoms with E-state index in [1.165, 1.54) is 13.0 Å². The standard InChI is InChI=1S/C9H13NO3/c1-5-9(4,10-6-11)13-8(12)7(2)3/h2,5H2,1,3-4H3. The van der Waals surface area contributed by atoms with Crippen LogP contribution in [0.5, 0.6) is 0 Å². The SMILES string of the molecule is C=C(C)C(=O)OC(C)(CC)N=C=O. The molecule has 4 nitrogen and oxygen atoms in total. The molecule has 0 aromatic rings. The molecule has 0 aliphatic rings. The van der Waals surface area contributed by atoms with Crippen molar-refractivity contribution in [3.63, 3.8) is 0 Å². The second kappa shape index (κ2) is 4.58. The Morgan fingerprint density at radius 1 is 1.69 bits per heavy atom. The lowest BCUT2D eigenvalue weighted by atomic mass is 10.2. The minimum atomic E-state index is -1.11.